The summed E-state index contributed by atoms with van der Waals surface area (Å²) in [6.07, 6.45) is 1.48. The first-order valence-corrected chi connectivity index (χ1v) is 11.1. The number of rotatable bonds is 4. The highest BCUT2D eigenvalue weighted by atomic mass is 16.3. The van der Waals surface area contributed by atoms with E-state index in [0.29, 0.717) is 49.0 Å². The molecule has 1 aliphatic heterocycles. The second-order valence-electron chi connectivity index (χ2n) is 8.13. The smallest absolute Gasteiger partial charge is 0.289 e. The quantitative estimate of drug-likeness (QED) is 0.427. The first kappa shape index (κ1) is 20.8. The number of nitrogens with zero attached hydrogens (tertiary/aromatic N) is 7. The molecule has 0 saturated carbocycles. The van der Waals surface area contributed by atoms with Crippen LogP contribution < -0.4 is 5.32 Å². The normalized spacial score (nSPS) is 13.9. The molecule has 11 nitrogen and oxygen atoms in total. The third-order valence-corrected chi connectivity index (χ3v) is 6.00. The molecule has 0 aliphatic carbocycles. The second kappa shape index (κ2) is 8.52. The third kappa shape index (κ3) is 3.82. The number of hydrogen-bond donors (Lipinski definition) is 1. The van der Waals surface area contributed by atoms with Gasteiger partial charge in [0.25, 0.3) is 11.8 Å². The monoisotopic (exact) mass is 468 g/mol. The van der Waals surface area contributed by atoms with Crippen LogP contribution in [0, 0.1) is 0 Å². The highest BCUT2D eigenvalue weighted by molar-refractivity contribution is 5.95. The molecule has 0 bridgehead atoms. The first-order valence-electron chi connectivity index (χ1n) is 11.1. The Hall–Kier alpha value is -4.80. The summed E-state index contributed by atoms with van der Waals surface area (Å²) in [6, 6.07) is 18.1. The summed E-state index contributed by atoms with van der Waals surface area (Å²) < 4.78 is 6.83. The Morgan fingerprint density at radius 1 is 0.857 bits per heavy atom. The Labute approximate surface area is 199 Å². The van der Waals surface area contributed by atoms with Gasteiger partial charge in [-0.1, -0.05) is 12.1 Å². The van der Waals surface area contributed by atoms with E-state index in [2.05, 4.69) is 25.8 Å². The molecule has 1 N–H and O–H groups in total. The number of amides is 2. The summed E-state index contributed by atoms with van der Waals surface area (Å²) in [5, 5.41) is 15.2. The second-order valence-corrected chi connectivity index (χ2v) is 8.13. The summed E-state index contributed by atoms with van der Waals surface area (Å²) in [5.74, 6) is 0.601. The van der Waals surface area contributed by atoms with Crippen molar-refractivity contribution in [2.45, 2.75) is 0 Å². The van der Waals surface area contributed by atoms with Gasteiger partial charge in [-0.2, -0.15) is 4.52 Å². The Morgan fingerprint density at radius 2 is 1.60 bits per heavy atom. The fourth-order valence-corrected chi connectivity index (χ4v) is 4.17. The Balaban J connectivity index is 1.14. The first-order chi connectivity index (χ1) is 17.2. The number of carbonyl (C=O) groups is 2. The maximum absolute atomic E-state index is 13.0. The molecule has 1 aliphatic rings. The zero-order valence-electron chi connectivity index (χ0n) is 18.5. The number of piperazine rings is 1. The minimum atomic E-state index is -0.156. The van der Waals surface area contributed by atoms with E-state index in [1.54, 1.807) is 38.6 Å². The van der Waals surface area contributed by atoms with Gasteiger partial charge in [0.05, 0.1) is 17.3 Å². The van der Waals surface area contributed by atoms with Crippen LogP contribution in [0.4, 0.5) is 11.5 Å². The SMILES string of the molecule is O=C(c1ccc(Nc2nc3ccccc3n3nnnc23)cc1)N1CCN(C(=O)c2ccco2)CC1. The van der Waals surface area contributed by atoms with E-state index in [-0.39, 0.29) is 11.8 Å². The van der Waals surface area contributed by atoms with Gasteiger partial charge in [0, 0.05) is 37.4 Å². The van der Waals surface area contributed by atoms with Crippen LogP contribution >= 0.6 is 0 Å². The van der Waals surface area contributed by atoms with Gasteiger partial charge in [0.1, 0.15) is 0 Å². The van der Waals surface area contributed by atoms with E-state index in [1.165, 1.54) is 6.26 Å². The molecule has 0 unspecified atom stereocenters. The fraction of sp³-hybridized carbons (Fsp3) is 0.167. The summed E-state index contributed by atoms with van der Waals surface area (Å²) in [6.45, 7) is 1.84. The molecule has 0 atom stereocenters. The molecule has 3 aromatic heterocycles. The fourth-order valence-electron chi connectivity index (χ4n) is 4.17. The Morgan fingerprint density at radius 3 is 2.34 bits per heavy atom. The number of furan rings is 1. The minimum absolute atomic E-state index is 0.0745. The van der Waals surface area contributed by atoms with Crippen LogP contribution in [-0.4, -0.2) is 72.8 Å². The molecule has 1 saturated heterocycles. The van der Waals surface area contributed by atoms with Crippen LogP contribution in [0.25, 0.3) is 16.7 Å². The van der Waals surface area contributed by atoms with Gasteiger partial charge >= 0.3 is 0 Å². The molecular weight excluding hydrogens is 448 g/mol. The number of tetrazole rings is 1. The van der Waals surface area contributed by atoms with Crippen molar-refractivity contribution in [1.29, 1.82) is 0 Å². The third-order valence-electron chi connectivity index (χ3n) is 6.00. The van der Waals surface area contributed by atoms with E-state index in [4.69, 9.17) is 4.42 Å². The maximum Gasteiger partial charge on any atom is 0.289 e. The summed E-state index contributed by atoms with van der Waals surface area (Å²) in [4.78, 5) is 33.5. The van der Waals surface area contributed by atoms with Crippen molar-refractivity contribution < 1.29 is 14.0 Å². The lowest BCUT2D eigenvalue weighted by molar-refractivity contribution is 0.0518. The van der Waals surface area contributed by atoms with E-state index >= 15 is 0 Å². The molecule has 174 valence electrons. The number of carbonyl (C=O) groups excluding carboxylic acids is 2. The molecule has 11 heteroatoms. The number of benzene rings is 2. The summed E-state index contributed by atoms with van der Waals surface area (Å²) in [7, 11) is 0. The number of hydrogen-bond acceptors (Lipinski definition) is 8. The molecule has 2 amide bonds. The van der Waals surface area contributed by atoms with Crippen LogP contribution in [0.3, 0.4) is 0 Å². The van der Waals surface area contributed by atoms with Crippen molar-refractivity contribution in [2.24, 2.45) is 0 Å². The van der Waals surface area contributed by atoms with Crippen LogP contribution in [0.2, 0.25) is 0 Å². The summed E-state index contributed by atoms with van der Waals surface area (Å²) in [5.41, 5.74) is 3.40. The highest BCUT2D eigenvalue weighted by Crippen LogP contribution is 2.23. The van der Waals surface area contributed by atoms with Crippen molar-refractivity contribution in [3.8, 4) is 0 Å². The minimum Gasteiger partial charge on any atom is -0.459 e. The number of fused-ring (bicyclic) bond motifs is 3. The van der Waals surface area contributed by atoms with Gasteiger partial charge in [-0.15, -0.1) is 5.10 Å². The van der Waals surface area contributed by atoms with Gasteiger partial charge in [-0.3, -0.25) is 9.59 Å². The zero-order valence-corrected chi connectivity index (χ0v) is 18.5. The average molecular weight is 468 g/mol. The largest absolute Gasteiger partial charge is 0.459 e. The van der Waals surface area contributed by atoms with Crippen LogP contribution in [0.5, 0.6) is 0 Å². The molecule has 4 heterocycles. The van der Waals surface area contributed by atoms with E-state index in [9.17, 15) is 9.59 Å². The van der Waals surface area contributed by atoms with Crippen molar-refractivity contribution in [3.05, 3.63) is 78.3 Å². The lowest BCUT2D eigenvalue weighted by atomic mass is 10.1. The average Bonchev–Trinajstić information content (AvgIpc) is 3.62. The topological polar surface area (TPSA) is 122 Å². The van der Waals surface area contributed by atoms with Gasteiger partial charge in [0.15, 0.2) is 11.6 Å². The number of para-hydroxylation sites is 2. The molecule has 1 fully saturated rings. The molecule has 2 aromatic carbocycles. The number of nitrogens with one attached hydrogen (secondary N) is 1. The van der Waals surface area contributed by atoms with Gasteiger partial charge in [-0.05, 0) is 59.0 Å². The van der Waals surface area contributed by atoms with Crippen LogP contribution in [-0.2, 0) is 0 Å². The van der Waals surface area contributed by atoms with Gasteiger partial charge in [0.2, 0.25) is 5.65 Å². The number of anilines is 2. The molecule has 0 radical (unpaired) electrons. The van der Waals surface area contributed by atoms with E-state index < -0.39 is 0 Å². The maximum atomic E-state index is 13.0. The van der Waals surface area contributed by atoms with Gasteiger partial charge in [-0.25, -0.2) is 4.98 Å². The van der Waals surface area contributed by atoms with Crippen LogP contribution in [0.1, 0.15) is 20.9 Å². The van der Waals surface area contributed by atoms with Crippen molar-refractivity contribution in [1.82, 2.24) is 34.8 Å². The molecule has 35 heavy (non-hydrogen) atoms. The van der Waals surface area contributed by atoms with Crippen molar-refractivity contribution in [2.75, 3.05) is 31.5 Å². The van der Waals surface area contributed by atoms with Gasteiger partial charge < -0.3 is 19.5 Å². The summed E-state index contributed by atoms with van der Waals surface area (Å²) >= 11 is 0. The van der Waals surface area contributed by atoms with Crippen LogP contribution in [0.15, 0.2) is 71.3 Å². The van der Waals surface area contributed by atoms with E-state index in [1.807, 2.05) is 36.4 Å². The molecule has 6 rings (SSSR count). The molecular formula is C24H20N8O3. The standard InChI is InChI=1S/C24H20N8O3/c33-23(30-11-13-31(14-12-30)24(34)20-6-3-15-35-20)16-7-9-17(10-8-16)25-21-22-27-28-29-32(22)19-5-2-1-4-18(19)26-21/h1-10,15H,11-14H2,(H,25,26). The Kier molecular flexibility index (Phi) is 5.06. The highest BCUT2D eigenvalue weighted by Gasteiger charge is 2.26. The lowest BCUT2D eigenvalue weighted by Crippen LogP contribution is -2.50. The van der Waals surface area contributed by atoms with Crippen molar-refractivity contribution in [3.63, 3.8) is 0 Å². The lowest BCUT2D eigenvalue weighted by Gasteiger charge is -2.34. The molecule has 5 aromatic rings. The Bertz CT molecular complexity index is 1520. The molecule has 0 spiro atoms. The zero-order chi connectivity index (χ0) is 23.8. The number of aromatic nitrogens is 5. The predicted molar refractivity (Wildman–Crippen MR) is 126 cm³/mol. The van der Waals surface area contributed by atoms with Crippen molar-refractivity contribution >= 4 is 40.0 Å². The predicted octanol–water partition coefficient (Wildman–Crippen LogP) is 2.61. The van der Waals surface area contributed by atoms with E-state index in [0.717, 1.165) is 16.7 Å².